The Bertz CT molecular complexity index is 401. The van der Waals surface area contributed by atoms with Crippen LogP contribution in [0.3, 0.4) is 0 Å². The van der Waals surface area contributed by atoms with Gasteiger partial charge in [0.05, 0.1) is 0 Å². The summed E-state index contributed by atoms with van der Waals surface area (Å²) in [4.78, 5) is 24.0. The summed E-state index contributed by atoms with van der Waals surface area (Å²) in [5.41, 5.74) is 1.09. The van der Waals surface area contributed by atoms with E-state index in [1.165, 1.54) is 4.90 Å². The number of carboxylic acid groups (broad SMARTS) is 1. The van der Waals surface area contributed by atoms with Crippen LogP contribution in [0, 0.1) is 0 Å². The summed E-state index contributed by atoms with van der Waals surface area (Å²) in [6.07, 6.45) is 0.984. The van der Waals surface area contributed by atoms with Crippen LogP contribution in [-0.2, 0) is 16.0 Å². The average Bonchev–Trinajstić information content (AvgIpc) is 2.34. The number of rotatable bonds is 6. The molecule has 0 saturated heterocycles. The molecule has 0 aromatic heterocycles. The van der Waals surface area contributed by atoms with Gasteiger partial charge in [-0.3, -0.25) is 9.59 Å². The van der Waals surface area contributed by atoms with Gasteiger partial charge in [-0.2, -0.15) is 0 Å². The Morgan fingerprint density at radius 3 is 2.33 bits per heavy atom. The largest absolute Gasteiger partial charge is 0.480 e. The van der Waals surface area contributed by atoms with Crippen molar-refractivity contribution in [3.8, 4) is 0 Å². The van der Waals surface area contributed by atoms with Gasteiger partial charge < -0.3 is 10.0 Å². The fraction of sp³-hybridized carbons (Fsp3) is 0.429. The van der Waals surface area contributed by atoms with Crippen LogP contribution in [0.15, 0.2) is 30.3 Å². The van der Waals surface area contributed by atoms with E-state index >= 15 is 0 Å². The number of carbonyl (C=O) groups excluding carboxylic acids is 1. The molecule has 98 valence electrons. The molecule has 0 saturated carbocycles. The fourth-order valence-electron chi connectivity index (χ4n) is 1.74. The van der Waals surface area contributed by atoms with E-state index in [2.05, 4.69) is 0 Å². The molecule has 0 radical (unpaired) electrons. The fourth-order valence-corrected chi connectivity index (χ4v) is 1.74. The third-order valence-electron chi connectivity index (χ3n) is 2.72. The summed E-state index contributed by atoms with van der Waals surface area (Å²) in [5.74, 6) is -1.09. The molecule has 1 N–H and O–H groups in total. The zero-order valence-electron chi connectivity index (χ0n) is 10.8. The molecule has 0 atom stereocenters. The van der Waals surface area contributed by atoms with Crippen LogP contribution in [0.1, 0.15) is 25.8 Å². The number of hydrogen-bond donors (Lipinski definition) is 1. The number of amides is 1. The highest BCUT2D eigenvalue weighted by atomic mass is 16.4. The van der Waals surface area contributed by atoms with Crippen LogP contribution in [0.25, 0.3) is 0 Å². The van der Waals surface area contributed by atoms with Gasteiger partial charge in [0, 0.05) is 12.5 Å². The van der Waals surface area contributed by atoms with Gasteiger partial charge in [-0.25, -0.2) is 0 Å². The number of carboxylic acids is 1. The quantitative estimate of drug-likeness (QED) is 0.838. The Kier molecular flexibility index (Phi) is 5.36. The minimum absolute atomic E-state index is 0.0932. The lowest BCUT2D eigenvalue weighted by Crippen LogP contribution is -2.40. The summed E-state index contributed by atoms with van der Waals surface area (Å²) in [5, 5.41) is 8.77. The van der Waals surface area contributed by atoms with Crippen LogP contribution in [0.4, 0.5) is 0 Å². The van der Waals surface area contributed by atoms with Crippen molar-refractivity contribution in [3.05, 3.63) is 35.9 Å². The van der Waals surface area contributed by atoms with E-state index in [4.69, 9.17) is 5.11 Å². The van der Waals surface area contributed by atoms with Crippen LogP contribution in [-0.4, -0.2) is 34.5 Å². The topological polar surface area (TPSA) is 57.6 Å². The molecule has 0 aliphatic rings. The maximum absolute atomic E-state index is 12.0. The molecule has 1 amide bonds. The predicted molar refractivity (Wildman–Crippen MR) is 69.2 cm³/mol. The molecule has 18 heavy (non-hydrogen) atoms. The number of aryl methyl sites for hydroxylation is 1. The number of hydrogen-bond acceptors (Lipinski definition) is 2. The monoisotopic (exact) mass is 249 g/mol. The van der Waals surface area contributed by atoms with Gasteiger partial charge in [-0.15, -0.1) is 0 Å². The molecule has 4 heteroatoms. The minimum Gasteiger partial charge on any atom is -0.480 e. The lowest BCUT2D eigenvalue weighted by atomic mass is 10.1. The average molecular weight is 249 g/mol. The molecule has 0 bridgehead atoms. The molecular formula is C14H19NO3. The van der Waals surface area contributed by atoms with E-state index < -0.39 is 5.97 Å². The van der Waals surface area contributed by atoms with E-state index in [0.717, 1.165) is 5.56 Å². The standard InChI is InChI=1S/C14H19NO3/c1-11(2)15(10-14(17)18)13(16)9-8-12-6-4-3-5-7-12/h3-7,11H,8-10H2,1-2H3,(H,17,18). The second kappa shape index (κ2) is 6.79. The molecule has 0 fully saturated rings. The third kappa shape index (κ3) is 4.57. The van der Waals surface area contributed by atoms with Gasteiger partial charge in [0.25, 0.3) is 0 Å². The van der Waals surface area contributed by atoms with Gasteiger partial charge in [0.2, 0.25) is 5.91 Å². The van der Waals surface area contributed by atoms with Crippen molar-refractivity contribution < 1.29 is 14.7 Å². The normalized spacial score (nSPS) is 10.4. The van der Waals surface area contributed by atoms with Crippen molar-refractivity contribution in [2.24, 2.45) is 0 Å². The number of carbonyl (C=O) groups is 2. The first-order valence-electron chi connectivity index (χ1n) is 6.06. The zero-order valence-corrected chi connectivity index (χ0v) is 10.8. The summed E-state index contributed by atoms with van der Waals surface area (Å²) < 4.78 is 0. The molecule has 4 nitrogen and oxygen atoms in total. The van der Waals surface area contributed by atoms with Crippen molar-refractivity contribution in [2.45, 2.75) is 32.7 Å². The van der Waals surface area contributed by atoms with Crippen LogP contribution in [0.2, 0.25) is 0 Å². The summed E-state index contributed by atoms with van der Waals surface area (Å²) in [6.45, 7) is 3.41. The Morgan fingerprint density at radius 2 is 1.83 bits per heavy atom. The van der Waals surface area contributed by atoms with Crippen molar-refractivity contribution in [1.82, 2.24) is 4.90 Å². The third-order valence-corrected chi connectivity index (χ3v) is 2.72. The highest BCUT2D eigenvalue weighted by molar-refractivity contribution is 5.81. The van der Waals surface area contributed by atoms with Crippen molar-refractivity contribution >= 4 is 11.9 Å². The van der Waals surface area contributed by atoms with Gasteiger partial charge in [-0.05, 0) is 25.8 Å². The molecule has 0 unspecified atom stereocenters. The second-order valence-corrected chi connectivity index (χ2v) is 4.49. The Balaban J connectivity index is 2.54. The Hall–Kier alpha value is -1.84. The Labute approximate surface area is 107 Å². The lowest BCUT2D eigenvalue weighted by molar-refractivity contribution is -0.145. The molecule has 0 aliphatic heterocycles. The predicted octanol–water partition coefficient (Wildman–Crippen LogP) is 1.94. The highest BCUT2D eigenvalue weighted by Gasteiger charge is 2.19. The molecule has 0 spiro atoms. The zero-order chi connectivity index (χ0) is 13.5. The van der Waals surface area contributed by atoms with Gasteiger partial charge in [0.1, 0.15) is 6.54 Å². The molecule has 0 aliphatic carbocycles. The first-order chi connectivity index (χ1) is 8.50. The van der Waals surface area contributed by atoms with Crippen molar-refractivity contribution in [2.75, 3.05) is 6.54 Å². The van der Waals surface area contributed by atoms with Crippen molar-refractivity contribution in [3.63, 3.8) is 0 Å². The van der Waals surface area contributed by atoms with E-state index in [1.807, 2.05) is 44.2 Å². The summed E-state index contributed by atoms with van der Waals surface area (Å²) in [6, 6.07) is 9.61. The summed E-state index contributed by atoms with van der Waals surface area (Å²) >= 11 is 0. The molecule has 1 aromatic carbocycles. The van der Waals surface area contributed by atoms with E-state index in [0.29, 0.717) is 12.8 Å². The van der Waals surface area contributed by atoms with Crippen LogP contribution in [0.5, 0.6) is 0 Å². The number of nitrogens with zero attached hydrogens (tertiary/aromatic N) is 1. The van der Waals surface area contributed by atoms with Crippen LogP contribution < -0.4 is 0 Å². The summed E-state index contributed by atoms with van der Waals surface area (Å²) in [7, 11) is 0. The minimum atomic E-state index is -0.975. The van der Waals surface area contributed by atoms with Gasteiger partial charge in [-0.1, -0.05) is 30.3 Å². The van der Waals surface area contributed by atoms with Crippen molar-refractivity contribution in [1.29, 1.82) is 0 Å². The van der Waals surface area contributed by atoms with Gasteiger partial charge in [0.15, 0.2) is 0 Å². The van der Waals surface area contributed by atoms with E-state index in [1.54, 1.807) is 0 Å². The maximum Gasteiger partial charge on any atom is 0.323 e. The van der Waals surface area contributed by atoms with Crippen LogP contribution >= 0.6 is 0 Å². The molecule has 1 rings (SSSR count). The highest BCUT2D eigenvalue weighted by Crippen LogP contribution is 2.07. The molecule has 0 heterocycles. The van der Waals surface area contributed by atoms with E-state index in [9.17, 15) is 9.59 Å². The SMILES string of the molecule is CC(C)N(CC(=O)O)C(=O)CCc1ccccc1. The smallest absolute Gasteiger partial charge is 0.323 e. The number of aliphatic carboxylic acids is 1. The molecular weight excluding hydrogens is 230 g/mol. The Morgan fingerprint density at radius 1 is 1.22 bits per heavy atom. The first kappa shape index (κ1) is 14.2. The van der Waals surface area contributed by atoms with Gasteiger partial charge >= 0.3 is 5.97 Å². The second-order valence-electron chi connectivity index (χ2n) is 4.49. The van der Waals surface area contributed by atoms with E-state index in [-0.39, 0.29) is 18.5 Å². The number of benzene rings is 1. The maximum atomic E-state index is 12.0. The molecule has 1 aromatic rings. The lowest BCUT2D eigenvalue weighted by Gasteiger charge is -2.24. The first-order valence-corrected chi connectivity index (χ1v) is 6.06.